The van der Waals surface area contributed by atoms with Crippen molar-refractivity contribution in [2.75, 3.05) is 13.1 Å². The third-order valence-electron chi connectivity index (χ3n) is 3.88. The van der Waals surface area contributed by atoms with Gasteiger partial charge in [0.15, 0.2) is 0 Å². The Balaban J connectivity index is 1.99. The fraction of sp³-hybridized carbons (Fsp3) is 0.538. The maximum absolute atomic E-state index is 2.64. The van der Waals surface area contributed by atoms with Crippen LogP contribution in [0.1, 0.15) is 30.4 Å². The summed E-state index contributed by atoms with van der Waals surface area (Å²) >= 11 is 0. The minimum Gasteiger partial charge on any atom is -0.300 e. The van der Waals surface area contributed by atoms with Gasteiger partial charge in [0, 0.05) is 12.6 Å². The van der Waals surface area contributed by atoms with Crippen molar-refractivity contribution in [2.24, 2.45) is 0 Å². The summed E-state index contributed by atoms with van der Waals surface area (Å²) in [5.74, 6) is 0.824. The SMILES string of the molecule is CCN1CC2CC1Cc1ccccc12. The van der Waals surface area contributed by atoms with Gasteiger partial charge in [-0.2, -0.15) is 0 Å². The minimum atomic E-state index is 0.824. The first-order chi connectivity index (χ1) is 6.88. The second-order valence-corrected chi connectivity index (χ2v) is 4.58. The predicted molar refractivity (Wildman–Crippen MR) is 58.5 cm³/mol. The van der Waals surface area contributed by atoms with Crippen LogP contribution in [-0.2, 0) is 6.42 Å². The van der Waals surface area contributed by atoms with Crippen LogP contribution in [0, 0.1) is 0 Å². The quantitative estimate of drug-likeness (QED) is 0.652. The van der Waals surface area contributed by atoms with E-state index >= 15 is 0 Å². The van der Waals surface area contributed by atoms with E-state index in [9.17, 15) is 0 Å². The number of benzene rings is 1. The van der Waals surface area contributed by atoms with Gasteiger partial charge < -0.3 is 0 Å². The van der Waals surface area contributed by atoms with Gasteiger partial charge in [0.2, 0.25) is 0 Å². The Kier molecular flexibility index (Phi) is 1.88. The Morgan fingerprint density at radius 1 is 1.36 bits per heavy atom. The summed E-state index contributed by atoms with van der Waals surface area (Å²) in [6, 6.07) is 9.84. The highest BCUT2D eigenvalue weighted by atomic mass is 15.2. The van der Waals surface area contributed by atoms with Gasteiger partial charge in [-0.15, -0.1) is 0 Å². The second kappa shape index (κ2) is 3.09. The first-order valence-corrected chi connectivity index (χ1v) is 5.70. The Bertz CT molecular complexity index is 345. The van der Waals surface area contributed by atoms with E-state index < -0.39 is 0 Å². The van der Waals surface area contributed by atoms with E-state index in [4.69, 9.17) is 0 Å². The summed E-state index contributed by atoms with van der Waals surface area (Å²) in [5.41, 5.74) is 3.23. The van der Waals surface area contributed by atoms with E-state index in [0.29, 0.717) is 0 Å². The molecule has 2 unspecified atom stereocenters. The number of likely N-dealkylation sites (N-methyl/N-ethyl adjacent to an activating group) is 1. The zero-order valence-corrected chi connectivity index (χ0v) is 8.74. The van der Waals surface area contributed by atoms with Crippen LogP contribution in [0.15, 0.2) is 24.3 Å². The van der Waals surface area contributed by atoms with Crippen LogP contribution in [0.25, 0.3) is 0 Å². The minimum absolute atomic E-state index is 0.824. The molecule has 2 atom stereocenters. The average Bonchev–Trinajstić information content (AvgIpc) is 2.57. The van der Waals surface area contributed by atoms with Crippen LogP contribution in [0.2, 0.25) is 0 Å². The molecule has 1 aromatic carbocycles. The molecule has 0 aromatic heterocycles. The Morgan fingerprint density at radius 2 is 2.21 bits per heavy atom. The van der Waals surface area contributed by atoms with Crippen molar-refractivity contribution in [1.82, 2.24) is 4.90 Å². The van der Waals surface area contributed by atoms with Crippen LogP contribution in [0.4, 0.5) is 0 Å². The molecule has 0 N–H and O–H groups in total. The van der Waals surface area contributed by atoms with E-state index in [2.05, 4.69) is 36.1 Å². The molecule has 1 aromatic rings. The number of likely N-dealkylation sites (tertiary alicyclic amines) is 1. The lowest BCUT2D eigenvalue weighted by atomic mass is 9.84. The zero-order valence-electron chi connectivity index (χ0n) is 8.74. The highest BCUT2D eigenvalue weighted by molar-refractivity contribution is 5.35. The van der Waals surface area contributed by atoms with E-state index in [1.807, 2.05) is 0 Å². The summed E-state index contributed by atoms with van der Waals surface area (Å²) in [4.78, 5) is 2.64. The van der Waals surface area contributed by atoms with Crippen molar-refractivity contribution in [1.29, 1.82) is 0 Å². The first kappa shape index (κ1) is 8.49. The van der Waals surface area contributed by atoms with Crippen molar-refractivity contribution in [3.05, 3.63) is 35.4 Å². The molecule has 3 rings (SSSR count). The predicted octanol–water partition coefficient (Wildman–Crippen LogP) is 2.42. The Labute approximate surface area is 85.7 Å². The maximum Gasteiger partial charge on any atom is 0.0142 e. The van der Waals surface area contributed by atoms with Crippen LogP contribution in [0.5, 0.6) is 0 Å². The third kappa shape index (κ3) is 1.12. The van der Waals surface area contributed by atoms with Gasteiger partial charge in [0.05, 0.1) is 0 Å². The van der Waals surface area contributed by atoms with Crippen molar-refractivity contribution in [2.45, 2.75) is 31.7 Å². The smallest absolute Gasteiger partial charge is 0.0142 e. The van der Waals surface area contributed by atoms with Crippen LogP contribution >= 0.6 is 0 Å². The van der Waals surface area contributed by atoms with E-state index in [-0.39, 0.29) is 0 Å². The fourth-order valence-electron chi connectivity index (χ4n) is 3.18. The van der Waals surface area contributed by atoms with Crippen LogP contribution in [0.3, 0.4) is 0 Å². The van der Waals surface area contributed by atoms with Gasteiger partial charge in [-0.3, -0.25) is 4.90 Å². The molecule has 0 spiro atoms. The molecule has 1 aliphatic carbocycles. The number of fused-ring (bicyclic) bond motifs is 4. The number of nitrogens with zero attached hydrogens (tertiary/aromatic N) is 1. The lowest BCUT2D eigenvalue weighted by Gasteiger charge is -2.24. The molecule has 1 aliphatic heterocycles. The van der Waals surface area contributed by atoms with Gasteiger partial charge in [-0.25, -0.2) is 0 Å². The number of hydrogen-bond donors (Lipinski definition) is 0. The third-order valence-corrected chi connectivity index (χ3v) is 3.88. The molecular weight excluding hydrogens is 170 g/mol. The monoisotopic (exact) mass is 187 g/mol. The first-order valence-electron chi connectivity index (χ1n) is 5.70. The van der Waals surface area contributed by atoms with E-state index in [1.165, 1.54) is 25.9 Å². The maximum atomic E-state index is 2.64. The highest BCUT2D eigenvalue weighted by Crippen LogP contribution is 2.39. The average molecular weight is 187 g/mol. The zero-order chi connectivity index (χ0) is 9.54. The van der Waals surface area contributed by atoms with Gasteiger partial charge >= 0.3 is 0 Å². The number of hydrogen-bond acceptors (Lipinski definition) is 1. The molecule has 1 fully saturated rings. The standard InChI is InChI=1S/C13H17N/c1-2-14-9-11-8-12(14)7-10-5-3-4-6-13(10)11/h3-6,11-12H,2,7-9H2,1H3. The summed E-state index contributed by atoms with van der Waals surface area (Å²) in [6.07, 6.45) is 2.67. The molecule has 1 heteroatoms. The molecule has 74 valence electrons. The fourth-order valence-corrected chi connectivity index (χ4v) is 3.18. The summed E-state index contributed by atoms with van der Waals surface area (Å²) in [7, 11) is 0. The topological polar surface area (TPSA) is 3.24 Å². The van der Waals surface area contributed by atoms with Crippen molar-refractivity contribution in [3.63, 3.8) is 0 Å². The molecule has 1 saturated heterocycles. The van der Waals surface area contributed by atoms with Gasteiger partial charge in [0.25, 0.3) is 0 Å². The molecule has 0 radical (unpaired) electrons. The Morgan fingerprint density at radius 3 is 3.07 bits per heavy atom. The molecule has 14 heavy (non-hydrogen) atoms. The van der Waals surface area contributed by atoms with Crippen molar-refractivity contribution >= 4 is 0 Å². The molecule has 0 amide bonds. The summed E-state index contributed by atoms with van der Waals surface area (Å²) < 4.78 is 0. The van der Waals surface area contributed by atoms with E-state index in [1.54, 1.807) is 11.1 Å². The highest BCUT2D eigenvalue weighted by Gasteiger charge is 2.36. The van der Waals surface area contributed by atoms with Gasteiger partial charge in [-0.1, -0.05) is 31.2 Å². The second-order valence-electron chi connectivity index (χ2n) is 4.58. The van der Waals surface area contributed by atoms with Gasteiger partial charge in [-0.05, 0) is 36.4 Å². The lowest BCUT2D eigenvalue weighted by Crippen LogP contribution is -2.30. The molecule has 1 nitrogen and oxygen atoms in total. The lowest BCUT2D eigenvalue weighted by molar-refractivity contribution is 0.268. The Hall–Kier alpha value is -0.820. The van der Waals surface area contributed by atoms with Gasteiger partial charge in [0.1, 0.15) is 0 Å². The van der Waals surface area contributed by atoms with Crippen LogP contribution < -0.4 is 0 Å². The van der Waals surface area contributed by atoms with Crippen molar-refractivity contribution < 1.29 is 0 Å². The van der Waals surface area contributed by atoms with Crippen molar-refractivity contribution in [3.8, 4) is 0 Å². The molecule has 2 bridgehead atoms. The molecular formula is C13H17N. The number of rotatable bonds is 1. The molecule has 2 aliphatic rings. The largest absolute Gasteiger partial charge is 0.300 e. The summed E-state index contributed by atoms with van der Waals surface area (Å²) in [5, 5.41) is 0. The molecule has 0 saturated carbocycles. The summed E-state index contributed by atoms with van der Waals surface area (Å²) in [6.45, 7) is 4.79. The normalized spacial score (nSPS) is 30.4. The van der Waals surface area contributed by atoms with Crippen LogP contribution in [-0.4, -0.2) is 24.0 Å². The van der Waals surface area contributed by atoms with E-state index in [0.717, 1.165) is 12.0 Å². The molecule has 1 heterocycles.